The maximum atomic E-state index is 11.5. The summed E-state index contributed by atoms with van der Waals surface area (Å²) >= 11 is 0. The van der Waals surface area contributed by atoms with Gasteiger partial charge in [-0.05, 0) is 18.6 Å². The van der Waals surface area contributed by atoms with E-state index < -0.39 is 0 Å². The fourth-order valence-electron chi connectivity index (χ4n) is 1.21. The predicted molar refractivity (Wildman–Crippen MR) is 62.6 cm³/mol. The predicted octanol–water partition coefficient (Wildman–Crippen LogP) is 3.12. The number of hydrogen-bond acceptors (Lipinski definition) is 1. The van der Waals surface area contributed by atoms with Gasteiger partial charge in [-0.15, -0.1) is 0 Å². The standard InChI is InChI=1S/C13H17NO/c1-2-3-4-8-11-14-13(15)12-9-6-5-7-10-12/h5-11H,2-4H2,1H3,(H,14,15)/b11-8-. The van der Waals surface area contributed by atoms with Gasteiger partial charge in [-0.1, -0.05) is 44.0 Å². The van der Waals surface area contributed by atoms with Gasteiger partial charge in [0.05, 0.1) is 0 Å². The van der Waals surface area contributed by atoms with Crippen LogP contribution in [0.3, 0.4) is 0 Å². The molecule has 0 heterocycles. The van der Waals surface area contributed by atoms with Crippen molar-refractivity contribution in [2.24, 2.45) is 0 Å². The van der Waals surface area contributed by atoms with E-state index in [-0.39, 0.29) is 5.91 Å². The van der Waals surface area contributed by atoms with Crippen molar-refractivity contribution >= 4 is 5.91 Å². The molecular weight excluding hydrogens is 186 g/mol. The van der Waals surface area contributed by atoms with Crippen LogP contribution in [0.5, 0.6) is 0 Å². The van der Waals surface area contributed by atoms with Crippen molar-refractivity contribution < 1.29 is 4.79 Å². The monoisotopic (exact) mass is 203 g/mol. The summed E-state index contributed by atoms with van der Waals surface area (Å²) in [5, 5.41) is 2.74. The highest BCUT2D eigenvalue weighted by molar-refractivity contribution is 5.94. The van der Waals surface area contributed by atoms with Gasteiger partial charge < -0.3 is 5.32 Å². The van der Waals surface area contributed by atoms with Crippen LogP contribution in [-0.4, -0.2) is 5.91 Å². The summed E-state index contributed by atoms with van der Waals surface area (Å²) in [4.78, 5) is 11.5. The van der Waals surface area contributed by atoms with Gasteiger partial charge in [0.2, 0.25) is 0 Å². The highest BCUT2D eigenvalue weighted by Gasteiger charge is 1.99. The molecule has 1 N–H and O–H groups in total. The van der Waals surface area contributed by atoms with Crippen molar-refractivity contribution in [1.29, 1.82) is 0 Å². The average molecular weight is 203 g/mol. The zero-order chi connectivity index (χ0) is 10.9. The number of unbranched alkanes of at least 4 members (excludes halogenated alkanes) is 2. The lowest BCUT2D eigenvalue weighted by Crippen LogP contribution is -2.16. The van der Waals surface area contributed by atoms with E-state index in [0.717, 1.165) is 12.8 Å². The van der Waals surface area contributed by atoms with Gasteiger partial charge in [-0.3, -0.25) is 4.79 Å². The molecule has 0 saturated carbocycles. The van der Waals surface area contributed by atoms with Gasteiger partial charge in [0.15, 0.2) is 0 Å². The number of carbonyl (C=O) groups is 1. The number of carbonyl (C=O) groups excluding carboxylic acids is 1. The lowest BCUT2D eigenvalue weighted by atomic mass is 10.2. The SMILES string of the molecule is CCCC/C=C\NC(=O)c1ccccc1. The molecule has 0 atom stereocenters. The molecule has 0 aliphatic rings. The molecule has 0 fully saturated rings. The normalized spacial score (nSPS) is 10.5. The van der Waals surface area contributed by atoms with E-state index in [1.807, 2.05) is 24.3 Å². The minimum Gasteiger partial charge on any atom is -0.329 e. The van der Waals surface area contributed by atoms with E-state index >= 15 is 0 Å². The van der Waals surface area contributed by atoms with Crippen molar-refractivity contribution in [2.45, 2.75) is 26.2 Å². The first-order valence-electron chi connectivity index (χ1n) is 5.35. The van der Waals surface area contributed by atoms with E-state index in [1.54, 1.807) is 18.3 Å². The summed E-state index contributed by atoms with van der Waals surface area (Å²) in [5.74, 6) is -0.0525. The van der Waals surface area contributed by atoms with Gasteiger partial charge in [-0.2, -0.15) is 0 Å². The fraction of sp³-hybridized carbons (Fsp3) is 0.308. The Balaban J connectivity index is 2.34. The lowest BCUT2D eigenvalue weighted by Gasteiger charge is -1.98. The Hall–Kier alpha value is -1.57. The summed E-state index contributed by atoms with van der Waals surface area (Å²) in [5.41, 5.74) is 0.692. The molecule has 0 unspecified atom stereocenters. The first-order valence-corrected chi connectivity index (χ1v) is 5.35. The van der Waals surface area contributed by atoms with Gasteiger partial charge in [-0.25, -0.2) is 0 Å². The molecule has 0 radical (unpaired) electrons. The molecule has 1 amide bonds. The second-order valence-corrected chi connectivity index (χ2v) is 3.38. The van der Waals surface area contributed by atoms with Crippen LogP contribution in [-0.2, 0) is 0 Å². The molecule has 0 spiro atoms. The van der Waals surface area contributed by atoms with Crippen LogP contribution in [0.15, 0.2) is 42.6 Å². The highest BCUT2D eigenvalue weighted by Crippen LogP contribution is 1.98. The van der Waals surface area contributed by atoms with Crippen molar-refractivity contribution in [3.63, 3.8) is 0 Å². The van der Waals surface area contributed by atoms with Gasteiger partial charge in [0.25, 0.3) is 5.91 Å². The molecule has 0 bridgehead atoms. The number of nitrogens with one attached hydrogen (secondary N) is 1. The number of rotatable bonds is 5. The minimum absolute atomic E-state index is 0.0525. The van der Waals surface area contributed by atoms with Gasteiger partial charge >= 0.3 is 0 Å². The summed E-state index contributed by atoms with van der Waals surface area (Å²) in [7, 11) is 0. The molecule has 0 aliphatic heterocycles. The third-order valence-electron chi connectivity index (χ3n) is 2.09. The summed E-state index contributed by atoms with van der Waals surface area (Å²) in [6.45, 7) is 2.15. The van der Waals surface area contributed by atoms with Crippen molar-refractivity contribution in [3.8, 4) is 0 Å². The molecule has 2 nitrogen and oxygen atoms in total. The molecule has 0 aliphatic carbocycles. The van der Waals surface area contributed by atoms with Crippen LogP contribution in [0, 0.1) is 0 Å². The van der Waals surface area contributed by atoms with Gasteiger partial charge in [0.1, 0.15) is 0 Å². The zero-order valence-electron chi connectivity index (χ0n) is 9.07. The quantitative estimate of drug-likeness (QED) is 0.732. The Kier molecular flexibility index (Phi) is 5.23. The maximum Gasteiger partial charge on any atom is 0.255 e. The van der Waals surface area contributed by atoms with Crippen LogP contribution < -0.4 is 5.32 Å². The number of amides is 1. The number of hydrogen-bond donors (Lipinski definition) is 1. The van der Waals surface area contributed by atoms with E-state index in [4.69, 9.17) is 0 Å². The number of benzene rings is 1. The summed E-state index contributed by atoms with van der Waals surface area (Å²) in [6.07, 6.45) is 7.08. The Labute approximate surface area is 91.0 Å². The molecule has 2 heteroatoms. The zero-order valence-corrected chi connectivity index (χ0v) is 9.07. The number of allylic oxidation sites excluding steroid dienone is 1. The minimum atomic E-state index is -0.0525. The van der Waals surface area contributed by atoms with Crippen LogP contribution in [0.2, 0.25) is 0 Å². The van der Waals surface area contributed by atoms with E-state index in [9.17, 15) is 4.79 Å². The van der Waals surface area contributed by atoms with Crippen molar-refractivity contribution in [2.75, 3.05) is 0 Å². The molecule has 0 saturated heterocycles. The largest absolute Gasteiger partial charge is 0.329 e. The Morgan fingerprint density at radius 1 is 1.33 bits per heavy atom. The maximum absolute atomic E-state index is 11.5. The van der Waals surface area contributed by atoms with Crippen molar-refractivity contribution in [1.82, 2.24) is 5.32 Å². The van der Waals surface area contributed by atoms with Crippen LogP contribution in [0.25, 0.3) is 0 Å². The van der Waals surface area contributed by atoms with Crippen LogP contribution >= 0.6 is 0 Å². The Morgan fingerprint density at radius 3 is 2.73 bits per heavy atom. The van der Waals surface area contributed by atoms with Crippen LogP contribution in [0.4, 0.5) is 0 Å². The summed E-state index contributed by atoms with van der Waals surface area (Å²) in [6, 6.07) is 9.21. The Morgan fingerprint density at radius 2 is 2.07 bits per heavy atom. The summed E-state index contributed by atoms with van der Waals surface area (Å²) < 4.78 is 0. The molecule has 80 valence electrons. The average Bonchev–Trinajstić information content (AvgIpc) is 2.30. The van der Waals surface area contributed by atoms with E-state index in [0.29, 0.717) is 5.56 Å². The molecular formula is C13H17NO. The highest BCUT2D eigenvalue weighted by atomic mass is 16.1. The molecule has 1 rings (SSSR count). The molecule has 15 heavy (non-hydrogen) atoms. The second-order valence-electron chi connectivity index (χ2n) is 3.38. The molecule has 1 aromatic rings. The Bertz CT molecular complexity index is 317. The molecule has 0 aromatic heterocycles. The lowest BCUT2D eigenvalue weighted by molar-refractivity contribution is 0.0970. The van der Waals surface area contributed by atoms with E-state index in [2.05, 4.69) is 12.2 Å². The molecule has 1 aromatic carbocycles. The smallest absolute Gasteiger partial charge is 0.255 e. The third-order valence-corrected chi connectivity index (χ3v) is 2.09. The van der Waals surface area contributed by atoms with Crippen molar-refractivity contribution in [3.05, 3.63) is 48.2 Å². The van der Waals surface area contributed by atoms with Crippen LogP contribution in [0.1, 0.15) is 36.5 Å². The first-order chi connectivity index (χ1) is 7.34. The third kappa shape index (κ3) is 4.45. The topological polar surface area (TPSA) is 29.1 Å². The second kappa shape index (κ2) is 6.82. The first kappa shape index (κ1) is 11.5. The fourth-order valence-corrected chi connectivity index (χ4v) is 1.21. The van der Waals surface area contributed by atoms with E-state index in [1.165, 1.54) is 6.42 Å². The van der Waals surface area contributed by atoms with Gasteiger partial charge in [0, 0.05) is 11.8 Å².